The Labute approximate surface area is 116 Å². The third-order valence-corrected chi connectivity index (χ3v) is 2.96. The molecular weight excluding hydrogens is 254 g/mol. The second-order valence-corrected chi connectivity index (χ2v) is 4.52. The fourth-order valence-corrected chi connectivity index (χ4v) is 2.00. The lowest BCUT2D eigenvalue weighted by atomic mass is 10.3. The van der Waals surface area contributed by atoms with Gasteiger partial charge in [0.15, 0.2) is 11.5 Å². The molecule has 0 spiro atoms. The highest BCUT2D eigenvalue weighted by molar-refractivity contribution is 5.74. The maximum Gasteiger partial charge on any atom is 0.195 e. The molecule has 0 amide bonds. The van der Waals surface area contributed by atoms with Crippen LogP contribution in [0.15, 0.2) is 52.9 Å². The van der Waals surface area contributed by atoms with Gasteiger partial charge in [0.05, 0.1) is 6.61 Å². The van der Waals surface area contributed by atoms with Gasteiger partial charge in [-0.25, -0.2) is 4.98 Å². The quantitative estimate of drug-likeness (QED) is 0.720. The maximum absolute atomic E-state index is 9.38. The third-order valence-electron chi connectivity index (χ3n) is 2.96. The number of para-hydroxylation sites is 1. The number of aromatic nitrogens is 1. The summed E-state index contributed by atoms with van der Waals surface area (Å²) in [7, 11) is 0. The zero-order valence-electron chi connectivity index (χ0n) is 11.0. The van der Waals surface area contributed by atoms with Gasteiger partial charge < -0.3 is 14.3 Å². The van der Waals surface area contributed by atoms with E-state index in [-0.39, 0.29) is 5.75 Å². The van der Waals surface area contributed by atoms with Gasteiger partial charge in [-0.15, -0.1) is 0 Å². The van der Waals surface area contributed by atoms with Crippen molar-refractivity contribution in [2.75, 3.05) is 6.61 Å². The second-order valence-electron chi connectivity index (χ2n) is 4.52. The van der Waals surface area contributed by atoms with E-state index >= 15 is 0 Å². The normalized spacial score (nSPS) is 10.8. The Hall–Kier alpha value is -2.49. The van der Waals surface area contributed by atoms with Crippen LogP contribution in [0.4, 0.5) is 0 Å². The van der Waals surface area contributed by atoms with E-state index in [0.29, 0.717) is 30.0 Å². The molecule has 0 aliphatic heterocycles. The van der Waals surface area contributed by atoms with Crippen LogP contribution >= 0.6 is 0 Å². The number of aryl methyl sites for hydroxylation is 1. The van der Waals surface area contributed by atoms with Crippen LogP contribution in [-0.4, -0.2) is 16.7 Å². The van der Waals surface area contributed by atoms with Crippen LogP contribution in [0.3, 0.4) is 0 Å². The van der Waals surface area contributed by atoms with Crippen molar-refractivity contribution >= 4 is 11.1 Å². The van der Waals surface area contributed by atoms with E-state index in [1.165, 1.54) is 0 Å². The van der Waals surface area contributed by atoms with E-state index in [1.807, 2.05) is 30.3 Å². The molecule has 0 atom stereocenters. The van der Waals surface area contributed by atoms with Crippen molar-refractivity contribution in [1.82, 2.24) is 4.98 Å². The number of rotatable bonds is 5. The molecule has 0 radical (unpaired) electrons. The maximum atomic E-state index is 9.38. The van der Waals surface area contributed by atoms with Gasteiger partial charge in [-0.2, -0.15) is 0 Å². The van der Waals surface area contributed by atoms with Crippen molar-refractivity contribution in [2.45, 2.75) is 12.8 Å². The molecule has 102 valence electrons. The molecule has 0 fully saturated rings. The van der Waals surface area contributed by atoms with Gasteiger partial charge in [-0.05, 0) is 30.7 Å². The van der Waals surface area contributed by atoms with Crippen LogP contribution in [0.5, 0.6) is 11.5 Å². The first kappa shape index (κ1) is 12.5. The van der Waals surface area contributed by atoms with Crippen LogP contribution in [0.2, 0.25) is 0 Å². The lowest BCUT2D eigenvalue weighted by molar-refractivity contribution is 0.306. The predicted molar refractivity (Wildman–Crippen MR) is 75.9 cm³/mol. The van der Waals surface area contributed by atoms with E-state index in [0.717, 1.165) is 12.2 Å². The molecule has 1 aromatic heterocycles. The Morgan fingerprint density at radius 1 is 1.10 bits per heavy atom. The lowest BCUT2D eigenvalue weighted by Gasteiger charge is -2.03. The minimum Gasteiger partial charge on any atom is -0.508 e. The monoisotopic (exact) mass is 269 g/mol. The summed E-state index contributed by atoms with van der Waals surface area (Å²) in [4.78, 5) is 4.34. The highest BCUT2D eigenvalue weighted by Gasteiger charge is 2.06. The summed E-state index contributed by atoms with van der Waals surface area (Å²) in [5.74, 6) is 1.74. The minimum absolute atomic E-state index is 0.199. The van der Waals surface area contributed by atoms with Gasteiger partial charge >= 0.3 is 0 Å². The average molecular weight is 269 g/mol. The van der Waals surface area contributed by atoms with Crippen LogP contribution < -0.4 is 4.74 Å². The van der Waals surface area contributed by atoms with Gasteiger partial charge in [0, 0.05) is 12.5 Å². The molecule has 20 heavy (non-hydrogen) atoms. The fourth-order valence-electron chi connectivity index (χ4n) is 2.00. The number of nitrogens with zero attached hydrogens (tertiary/aromatic N) is 1. The number of oxazole rings is 1. The Morgan fingerprint density at radius 3 is 2.80 bits per heavy atom. The number of aromatic hydroxyl groups is 1. The fraction of sp³-hybridized carbons (Fsp3) is 0.188. The van der Waals surface area contributed by atoms with E-state index in [4.69, 9.17) is 9.15 Å². The number of ether oxygens (including phenoxy) is 1. The SMILES string of the molecule is Oc1ccc2oc(CCCOc3ccccc3)nc2c1. The molecule has 4 heteroatoms. The molecule has 0 saturated carbocycles. The van der Waals surface area contributed by atoms with E-state index in [1.54, 1.807) is 18.2 Å². The van der Waals surface area contributed by atoms with Crippen LogP contribution in [-0.2, 0) is 6.42 Å². The van der Waals surface area contributed by atoms with Gasteiger partial charge in [0.25, 0.3) is 0 Å². The molecule has 0 unspecified atom stereocenters. The third kappa shape index (κ3) is 2.91. The van der Waals surface area contributed by atoms with Crippen molar-refractivity contribution < 1.29 is 14.3 Å². The lowest BCUT2D eigenvalue weighted by Crippen LogP contribution is -1.99. The van der Waals surface area contributed by atoms with Crippen molar-refractivity contribution in [1.29, 1.82) is 0 Å². The van der Waals surface area contributed by atoms with E-state index in [9.17, 15) is 5.11 Å². The molecule has 0 saturated heterocycles. The zero-order valence-corrected chi connectivity index (χ0v) is 11.0. The predicted octanol–water partition coefficient (Wildman–Crippen LogP) is 3.55. The van der Waals surface area contributed by atoms with Crippen molar-refractivity contribution in [3.63, 3.8) is 0 Å². The van der Waals surface area contributed by atoms with Crippen LogP contribution in [0, 0.1) is 0 Å². The number of benzene rings is 2. The summed E-state index contributed by atoms with van der Waals surface area (Å²) in [6.45, 7) is 0.619. The Kier molecular flexibility index (Phi) is 3.54. The number of hydrogen-bond acceptors (Lipinski definition) is 4. The molecule has 3 rings (SSSR count). The summed E-state index contributed by atoms with van der Waals surface area (Å²) in [5, 5.41) is 9.38. The number of phenolic OH excluding ortho intramolecular Hbond substituents is 1. The first-order valence-corrected chi connectivity index (χ1v) is 6.57. The van der Waals surface area contributed by atoms with Gasteiger partial charge in [-0.1, -0.05) is 18.2 Å². The molecule has 0 aliphatic rings. The first-order chi connectivity index (χ1) is 9.81. The molecule has 1 N–H and O–H groups in total. The summed E-state index contributed by atoms with van der Waals surface area (Å²) in [6, 6.07) is 14.6. The first-order valence-electron chi connectivity index (χ1n) is 6.57. The average Bonchev–Trinajstić information content (AvgIpc) is 2.86. The Bertz CT molecular complexity index is 691. The van der Waals surface area contributed by atoms with Crippen molar-refractivity contribution in [2.24, 2.45) is 0 Å². The molecule has 0 bridgehead atoms. The molecule has 3 aromatic rings. The van der Waals surface area contributed by atoms with E-state index in [2.05, 4.69) is 4.98 Å². The second kappa shape index (κ2) is 5.65. The summed E-state index contributed by atoms with van der Waals surface area (Å²) >= 11 is 0. The summed E-state index contributed by atoms with van der Waals surface area (Å²) in [5.41, 5.74) is 1.38. The van der Waals surface area contributed by atoms with E-state index < -0.39 is 0 Å². The van der Waals surface area contributed by atoms with Crippen molar-refractivity contribution in [3.8, 4) is 11.5 Å². The van der Waals surface area contributed by atoms with Gasteiger partial charge in [-0.3, -0.25) is 0 Å². The minimum atomic E-state index is 0.199. The van der Waals surface area contributed by atoms with Crippen LogP contribution in [0.1, 0.15) is 12.3 Å². The number of phenols is 1. The number of hydrogen-bond donors (Lipinski definition) is 1. The number of fused-ring (bicyclic) bond motifs is 1. The summed E-state index contributed by atoms with van der Waals surface area (Å²) in [6.07, 6.45) is 1.54. The summed E-state index contributed by atoms with van der Waals surface area (Å²) < 4.78 is 11.2. The smallest absolute Gasteiger partial charge is 0.195 e. The highest BCUT2D eigenvalue weighted by atomic mass is 16.5. The molecular formula is C16H15NO3. The topological polar surface area (TPSA) is 55.5 Å². The largest absolute Gasteiger partial charge is 0.508 e. The Balaban J connectivity index is 1.55. The standard InChI is InChI=1S/C16H15NO3/c18-12-8-9-15-14(11-12)17-16(20-15)7-4-10-19-13-5-2-1-3-6-13/h1-3,5-6,8-9,11,18H,4,7,10H2. The van der Waals surface area contributed by atoms with Crippen LogP contribution in [0.25, 0.3) is 11.1 Å². The molecule has 1 heterocycles. The Morgan fingerprint density at radius 2 is 1.95 bits per heavy atom. The van der Waals surface area contributed by atoms with Gasteiger partial charge in [0.2, 0.25) is 0 Å². The van der Waals surface area contributed by atoms with Crippen molar-refractivity contribution in [3.05, 3.63) is 54.4 Å². The molecule has 0 aliphatic carbocycles. The molecule has 2 aromatic carbocycles. The zero-order chi connectivity index (χ0) is 13.8. The molecule has 4 nitrogen and oxygen atoms in total. The highest BCUT2D eigenvalue weighted by Crippen LogP contribution is 2.21. The van der Waals surface area contributed by atoms with Gasteiger partial charge in [0.1, 0.15) is 17.0 Å².